The highest BCUT2D eigenvalue weighted by Gasteiger charge is 2.33. The minimum atomic E-state index is -4.08. The number of anilines is 1. The van der Waals surface area contributed by atoms with E-state index in [-0.39, 0.29) is 23.4 Å². The molecular formula is C29H33ClIN3O4S. The third-order valence-electron chi connectivity index (χ3n) is 6.38. The summed E-state index contributed by atoms with van der Waals surface area (Å²) in [6.45, 7) is 5.35. The number of nitrogens with one attached hydrogen (secondary N) is 1. The van der Waals surface area contributed by atoms with E-state index in [1.807, 2.05) is 20.8 Å². The summed E-state index contributed by atoms with van der Waals surface area (Å²) in [7, 11) is -4.08. The molecule has 0 bridgehead atoms. The van der Waals surface area contributed by atoms with Gasteiger partial charge in [-0.1, -0.05) is 55.8 Å². The SMILES string of the molecule is CC[C@H](C(=O)N[C@@H](C)CC)N(Cc1ccc(Cl)cc1)C(=O)CN(c1ccc(I)cc1)S(=O)(=O)c1ccccc1. The van der Waals surface area contributed by atoms with Gasteiger partial charge < -0.3 is 10.2 Å². The smallest absolute Gasteiger partial charge is 0.264 e. The number of carbonyl (C=O) groups is 2. The van der Waals surface area contributed by atoms with Gasteiger partial charge in [-0.2, -0.15) is 0 Å². The van der Waals surface area contributed by atoms with Crippen LogP contribution in [0.5, 0.6) is 0 Å². The number of sulfonamides is 1. The van der Waals surface area contributed by atoms with Crippen molar-refractivity contribution in [2.45, 2.75) is 57.1 Å². The zero-order valence-corrected chi connectivity index (χ0v) is 25.9. The average molecular weight is 682 g/mol. The van der Waals surface area contributed by atoms with Crippen LogP contribution in [-0.2, 0) is 26.2 Å². The minimum Gasteiger partial charge on any atom is -0.352 e. The van der Waals surface area contributed by atoms with Gasteiger partial charge in [0.05, 0.1) is 10.6 Å². The first-order valence-electron chi connectivity index (χ1n) is 12.7. The van der Waals surface area contributed by atoms with Gasteiger partial charge in [-0.15, -0.1) is 0 Å². The van der Waals surface area contributed by atoms with Gasteiger partial charge in [-0.25, -0.2) is 8.42 Å². The Kier molecular flexibility index (Phi) is 11.2. The summed E-state index contributed by atoms with van der Waals surface area (Å²) in [4.78, 5) is 28.8. The first-order chi connectivity index (χ1) is 18.6. The maximum atomic E-state index is 14.0. The number of carbonyl (C=O) groups excluding carboxylic acids is 2. The Labute approximate surface area is 249 Å². The molecule has 0 spiro atoms. The minimum absolute atomic E-state index is 0.0687. The predicted molar refractivity (Wildman–Crippen MR) is 164 cm³/mol. The van der Waals surface area contributed by atoms with Crippen molar-refractivity contribution in [3.63, 3.8) is 0 Å². The van der Waals surface area contributed by atoms with Gasteiger partial charge in [0.2, 0.25) is 11.8 Å². The van der Waals surface area contributed by atoms with Crippen LogP contribution in [0.4, 0.5) is 5.69 Å². The lowest BCUT2D eigenvalue weighted by atomic mass is 10.1. The molecule has 10 heteroatoms. The fourth-order valence-electron chi connectivity index (χ4n) is 4.00. The molecule has 0 heterocycles. The van der Waals surface area contributed by atoms with Gasteiger partial charge in [0.25, 0.3) is 10.0 Å². The Morgan fingerprint density at radius 3 is 2.10 bits per heavy atom. The van der Waals surface area contributed by atoms with E-state index in [4.69, 9.17) is 11.6 Å². The summed E-state index contributed by atoms with van der Waals surface area (Å²) in [5.41, 5.74) is 1.13. The molecule has 0 aliphatic heterocycles. The van der Waals surface area contributed by atoms with Crippen molar-refractivity contribution in [1.82, 2.24) is 10.2 Å². The largest absolute Gasteiger partial charge is 0.352 e. The van der Waals surface area contributed by atoms with Gasteiger partial charge in [-0.05, 0) is 96.5 Å². The van der Waals surface area contributed by atoms with E-state index in [0.717, 1.165) is 19.9 Å². The normalized spacial score (nSPS) is 12.8. The first-order valence-corrected chi connectivity index (χ1v) is 15.6. The van der Waals surface area contributed by atoms with Crippen molar-refractivity contribution in [3.8, 4) is 0 Å². The van der Waals surface area contributed by atoms with Crippen LogP contribution in [0.1, 0.15) is 39.2 Å². The first kappa shape index (κ1) is 30.9. The van der Waals surface area contributed by atoms with E-state index in [1.165, 1.54) is 17.0 Å². The fourth-order valence-corrected chi connectivity index (χ4v) is 5.92. The van der Waals surface area contributed by atoms with Crippen LogP contribution in [0.2, 0.25) is 5.02 Å². The third kappa shape index (κ3) is 8.18. The molecule has 0 aliphatic carbocycles. The summed E-state index contributed by atoms with van der Waals surface area (Å²) >= 11 is 8.20. The molecule has 3 aromatic rings. The van der Waals surface area contributed by atoms with Crippen molar-refractivity contribution in [3.05, 3.63) is 93.0 Å². The van der Waals surface area contributed by atoms with E-state index in [0.29, 0.717) is 17.1 Å². The van der Waals surface area contributed by atoms with Crippen molar-refractivity contribution >= 4 is 61.7 Å². The van der Waals surface area contributed by atoms with Crippen LogP contribution in [-0.4, -0.2) is 43.8 Å². The van der Waals surface area contributed by atoms with Crippen LogP contribution in [0, 0.1) is 3.57 Å². The number of halogens is 2. The van der Waals surface area contributed by atoms with Gasteiger partial charge >= 0.3 is 0 Å². The van der Waals surface area contributed by atoms with Crippen LogP contribution < -0.4 is 9.62 Å². The Bertz CT molecular complexity index is 1350. The lowest BCUT2D eigenvalue weighted by Gasteiger charge is -2.33. The van der Waals surface area contributed by atoms with Gasteiger partial charge in [-0.3, -0.25) is 13.9 Å². The lowest BCUT2D eigenvalue weighted by molar-refractivity contribution is -0.140. The summed E-state index contributed by atoms with van der Waals surface area (Å²) in [5.74, 6) is -0.768. The molecule has 3 rings (SSSR count). The summed E-state index contributed by atoms with van der Waals surface area (Å²) in [5, 5.41) is 3.52. The van der Waals surface area contributed by atoms with Crippen molar-refractivity contribution in [2.24, 2.45) is 0 Å². The second kappa shape index (κ2) is 14.1. The highest BCUT2D eigenvalue weighted by Crippen LogP contribution is 2.25. The second-order valence-corrected chi connectivity index (χ2v) is 12.7. The Morgan fingerprint density at radius 1 is 0.923 bits per heavy atom. The van der Waals surface area contributed by atoms with Gasteiger partial charge in [0.1, 0.15) is 12.6 Å². The van der Waals surface area contributed by atoms with E-state index in [1.54, 1.807) is 66.7 Å². The molecule has 7 nitrogen and oxygen atoms in total. The molecule has 0 radical (unpaired) electrons. The topological polar surface area (TPSA) is 86.8 Å². The standard InChI is InChI=1S/C29H33ClIN3O4S/c1-4-21(3)32-29(36)27(5-2)33(19-22-11-13-23(30)14-12-22)28(35)20-34(25-17-15-24(31)16-18-25)39(37,38)26-9-7-6-8-10-26/h6-18,21,27H,4-5,19-20H2,1-3H3,(H,32,36)/t21-,27+/m0/s1. The predicted octanol–water partition coefficient (Wildman–Crippen LogP) is 5.86. The quantitative estimate of drug-likeness (QED) is 0.243. The molecule has 3 aromatic carbocycles. The number of rotatable bonds is 12. The third-order valence-corrected chi connectivity index (χ3v) is 9.14. The van der Waals surface area contributed by atoms with Gasteiger partial charge in [0, 0.05) is 21.2 Å². The van der Waals surface area contributed by atoms with Crippen molar-refractivity contribution in [2.75, 3.05) is 10.8 Å². The molecule has 1 N–H and O–H groups in total. The number of nitrogens with zero attached hydrogens (tertiary/aromatic N) is 2. The molecule has 0 saturated heterocycles. The Balaban J connectivity index is 2.03. The highest BCUT2D eigenvalue weighted by molar-refractivity contribution is 14.1. The van der Waals surface area contributed by atoms with E-state index in [9.17, 15) is 18.0 Å². The molecule has 39 heavy (non-hydrogen) atoms. The van der Waals surface area contributed by atoms with E-state index < -0.39 is 28.5 Å². The number of hydrogen-bond donors (Lipinski definition) is 1. The molecular weight excluding hydrogens is 649 g/mol. The van der Waals surface area contributed by atoms with E-state index in [2.05, 4.69) is 27.9 Å². The van der Waals surface area contributed by atoms with Crippen molar-refractivity contribution < 1.29 is 18.0 Å². The van der Waals surface area contributed by atoms with Crippen molar-refractivity contribution in [1.29, 1.82) is 0 Å². The lowest BCUT2D eigenvalue weighted by Crippen LogP contribution is -2.53. The average Bonchev–Trinajstić information content (AvgIpc) is 2.93. The van der Waals surface area contributed by atoms with Crippen LogP contribution in [0.25, 0.3) is 0 Å². The molecule has 208 valence electrons. The number of benzene rings is 3. The molecule has 0 unspecified atom stereocenters. The zero-order chi connectivity index (χ0) is 28.6. The van der Waals surface area contributed by atoms with Crippen LogP contribution >= 0.6 is 34.2 Å². The zero-order valence-electron chi connectivity index (χ0n) is 22.2. The molecule has 0 fully saturated rings. The maximum absolute atomic E-state index is 14.0. The number of hydrogen-bond acceptors (Lipinski definition) is 4. The summed E-state index contributed by atoms with van der Waals surface area (Å²) < 4.78 is 29.6. The number of amides is 2. The summed E-state index contributed by atoms with van der Waals surface area (Å²) in [6.07, 6.45) is 1.10. The molecule has 0 saturated carbocycles. The van der Waals surface area contributed by atoms with Crippen LogP contribution in [0.3, 0.4) is 0 Å². The highest BCUT2D eigenvalue weighted by atomic mass is 127. The summed E-state index contributed by atoms with van der Waals surface area (Å²) in [6, 6.07) is 21.1. The molecule has 0 aromatic heterocycles. The second-order valence-electron chi connectivity index (χ2n) is 9.19. The Morgan fingerprint density at radius 2 is 1.54 bits per heavy atom. The monoisotopic (exact) mass is 681 g/mol. The molecule has 2 atom stereocenters. The van der Waals surface area contributed by atoms with Crippen LogP contribution in [0.15, 0.2) is 83.8 Å². The van der Waals surface area contributed by atoms with E-state index >= 15 is 0 Å². The molecule has 0 aliphatic rings. The fraction of sp³-hybridized carbons (Fsp3) is 0.310. The van der Waals surface area contributed by atoms with Gasteiger partial charge in [0.15, 0.2) is 0 Å². The maximum Gasteiger partial charge on any atom is 0.264 e. The Hall–Kier alpha value is -2.63. The molecule has 2 amide bonds.